The first kappa shape index (κ1) is 24.0. The Morgan fingerprint density at radius 1 is 0.893 bits per heavy atom. The van der Waals surface area contributed by atoms with Gasteiger partial charge in [0, 0.05) is 38.0 Å². The van der Waals surface area contributed by atoms with Crippen LogP contribution in [0.4, 0.5) is 0 Å². The van der Waals surface area contributed by atoms with Gasteiger partial charge in [-0.2, -0.15) is 0 Å². The Bertz CT molecular complexity index is 597. The lowest BCUT2D eigenvalue weighted by molar-refractivity contribution is -0.126. The van der Waals surface area contributed by atoms with Crippen LogP contribution >= 0.6 is 0 Å². The van der Waals surface area contributed by atoms with Gasteiger partial charge in [-0.15, -0.1) is 0 Å². The van der Waals surface area contributed by atoms with E-state index in [0.717, 1.165) is 18.4 Å². The van der Waals surface area contributed by atoms with Crippen molar-refractivity contribution < 1.29 is 23.9 Å². The maximum atomic E-state index is 12.0. The van der Waals surface area contributed by atoms with Crippen LogP contribution in [0.2, 0.25) is 0 Å². The van der Waals surface area contributed by atoms with Crippen LogP contribution in [-0.2, 0) is 19.1 Å². The summed E-state index contributed by atoms with van der Waals surface area (Å²) in [5.41, 5.74) is 1.83. The summed E-state index contributed by atoms with van der Waals surface area (Å²) in [4.78, 5) is 35.0. The highest BCUT2D eigenvalue weighted by molar-refractivity contribution is 5.96. The summed E-state index contributed by atoms with van der Waals surface area (Å²) in [6, 6.07) is 7.49. The maximum absolute atomic E-state index is 12.0. The van der Waals surface area contributed by atoms with Crippen molar-refractivity contribution in [2.45, 2.75) is 52.4 Å². The number of hydrogen-bond acceptors (Lipinski definition) is 5. The molecule has 0 heterocycles. The molecule has 0 aliphatic rings. The first-order valence-corrected chi connectivity index (χ1v) is 10.1. The van der Waals surface area contributed by atoms with Crippen molar-refractivity contribution in [3.05, 3.63) is 35.4 Å². The van der Waals surface area contributed by atoms with E-state index in [4.69, 9.17) is 9.47 Å². The van der Waals surface area contributed by atoms with Crippen molar-refractivity contribution in [3.63, 3.8) is 0 Å². The Labute approximate surface area is 168 Å². The van der Waals surface area contributed by atoms with Crippen molar-refractivity contribution in [1.82, 2.24) is 5.32 Å². The highest BCUT2D eigenvalue weighted by Gasteiger charge is 2.06. The first-order chi connectivity index (χ1) is 13.5. The normalized spacial score (nSPS) is 10.6. The lowest BCUT2D eigenvalue weighted by Gasteiger charge is -2.07. The van der Waals surface area contributed by atoms with Gasteiger partial charge >= 0.3 is 0 Å². The Kier molecular flexibility index (Phi) is 12.8. The summed E-state index contributed by atoms with van der Waals surface area (Å²) < 4.78 is 10.6. The molecular weight excluding hydrogens is 358 g/mol. The standard InChI is InChI=1S/C22H33NO5/c1-3-6-20(24)7-5-14-27-15-16-28-17-22(26)23-13-4-8-21(25)19-11-9-18(2)10-12-19/h9-12H,3-8,13-17H2,1-2H3,(H,23,26). The number of rotatable bonds is 16. The summed E-state index contributed by atoms with van der Waals surface area (Å²) in [5.74, 6) is 0.159. The molecule has 1 amide bonds. The van der Waals surface area contributed by atoms with Crippen LogP contribution in [0.5, 0.6) is 0 Å². The minimum atomic E-state index is -0.201. The Hall–Kier alpha value is -2.05. The van der Waals surface area contributed by atoms with E-state index in [2.05, 4.69) is 5.32 Å². The smallest absolute Gasteiger partial charge is 0.245 e. The summed E-state index contributed by atoms with van der Waals surface area (Å²) in [7, 11) is 0. The molecule has 0 saturated carbocycles. The number of amides is 1. The van der Waals surface area contributed by atoms with Crippen molar-refractivity contribution >= 4 is 17.5 Å². The minimum Gasteiger partial charge on any atom is -0.379 e. The third kappa shape index (κ3) is 11.6. The fourth-order valence-corrected chi connectivity index (χ4v) is 2.57. The van der Waals surface area contributed by atoms with Crippen LogP contribution in [0.1, 0.15) is 61.4 Å². The Balaban J connectivity index is 1.95. The zero-order valence-corrected chi connectivity index (χ0v) is 17.1. The van der Waals surface area contributed by atoms with E-state index in [0.29, 0.717) is 57.6 Å². The van der Waals surface area contributed by atoms with E-state index < -0.39 is 0 Å². The predicted molar refractivity (Wildman–Crippen MR) is 109 cm³/mol. The molecule has 0 radical (unpaired) electrons. The zero-order valence-electron chi connectivity index (χ0n) is 17.1. The molecule has 0 aliphatic carbocycles. The van der Waals surface area contributed by atoms with Crippen LogP contribution < -0.4 is 5.32 Å². The molecule has 156 valence electrons. The molecule has 0 aliphatic heterocycles. The molecule has 0 unspecified atom stereocenters. The van der Waals surface area contributed by atoms with E-state index in [1.54, 1.807) is 0 Å². The fourth-order valence-electron chi connectivity index (χ4n) is 2.57. The molecule has 0 spiro atoms. The van der Waals surface area contributed by atoms with Crippen molar-refractivity contribution in [2.24, 2.45) is 0 Å². The van der Waals surface area contributed by atoms with Gasteiger partial charge in [-0.1, -0.05) is 36.8 Å². The van der Waals surface area contributed by atoms with E-state index in [1.165, 1.54) is 0 Å². The third-order valence-electron chi connectivity index (χ3n) is 4.15. The molecular formula is C22H33NO5. The van der Waals surface area contributed by atoms with Crippen LogP contribution in [0.25, 0.3) is 0 Å². The van der Waals surface area contributed by atoms with Crippen LogP contribution in [0, 0.1) is 6.92 Å². The van der Waals surface area contributed by atoms with Crippen molar-refractivity contribution in [2.75, 3.05) is 33.0 Å². The summed E-state index contributed by atoms with van der Waals surface area (Å²) in [5, 5.41) is 2.74. The Morgan fingerprint density at radius 3 is 2.32 bits per heavy atom. The molecule has 0 fully saturated rings. The number of ketones is 2. The fraction of sp³-hybridized carbons (Fsp3) is 0.591. The van der Waals surface area contributed by atoms with Gasteiger partial charge in [0.05, 0.1) is 13.2 Å². The average Bonchev–Trinajstić information content (AvgIpc) is 2.68. The van der Waals surface area contributed by atoms with E-state index in [-0.39, 0.29) is 24.1 Å². The van der Waals surface area contributed by atoms with Crippen molar-refractivity contribution in [3.8, 4) is 0 Å². The number of ether oxygens (including phenoxy) is 2. The van der Waals surface area contributed by atoms with Gasteiger partial charge in [0.25, 0.3) is 0 Å². The molecule has 1 rings (SSSR count). The molecule has 0 aromatic heterocycles. The van der Waals surface area contributed by atoms with E-state index in [1.807, 2.05) is 38.1 Å². The van der Waals surface area contributed by atoms with Crippen molar-refractivity contribution in [1.29, 1.82) is 0 Å². The lowest BCUT2D eigenvalue weighted by atomic mass is 10.1. The largest absolute Gasteiger partial charge is 0.379 e. The second kappa shape index (κ2) is 14.9. The predicted octanol–water partition coefficient (Wildman–Crippen LogP) is 3.26. The first-order valence-electron chi connectivity index (χ1n) is 10.1. The van der Waals surface area contributed by atoms with Gasteiger partial charge in [-0.3, -0.25) is 14.4 Å². The molecule has 28 heavy (non-hydrogen) atoms. The van der Waals surface area contributed by atoms with Gasteiger partial charge in [0.2, 0.25) is 5.91 Å². The molecule has 0 atom stereocenters. The number of carbonyl (C=O) groups is 3. The van der Waals surface area contributed by atoms with Gasteiger partial charge in [0.15, 0.2) is 5.78 Å². The SMILES string of the molecule is CCCC(=O)CCCOCCOCC(=O)NCCCC(=O)c1ccc(C)cc1. The second-order valence-corrected chi connectivity index (χ2v) is 6.80. The summed E-state index contributed by atoms with van der Waals surface area (Å²) in [6.07, 6.45) is 3.80. The maximum Gasteiger partial charge on any atom is 0.245 e. The van der Waals surface area contributed by atoms with Crippen LogP contribution in [0.15, 0.2) is 24.3 Å². The second-order valence-electron chi connectivity index (χ2n) is 6.80. The molecule has 1 aromatic rings. The van der Waals surface area contributed by atoms with E-state index in [9.17, 15) is 14.4 Å². The quantitative estimate of drug-likeness (QED) is 0.345. The highest BCUT2D eigenvalue weighted by Crippen LogP contribution is 2.07. The Morgan fingerprint density at radius 2 is 1.61 bits per heavy atom. The molecule has 0 bridgehead atoms. The zero-order chi connectivity index (χ0) is 20.6. The number of hydrogen-bond donors (Lipinski definition) is 1. The average molecular weight is 392 g/mol. The number of Topliss-reactive ketones (excluding diaryl/α,β-unsaturated/α-hetero) is 2. The molecule has 6 nitrogen and oxygen atoms in total. The van der Waals surface area contributed by atoms with Gasteiger partial charge in [-0.25, -0.2) is 0 Å². The molecule has 1 N–H and O–H groups in total. The van der Waals surface area contributed by atoms with Crippen LogP contribution in [-0.4, -0.2) is 50.4 Å². The lowest BCUT2D eigenvalue weighted by Crippen LogP contribution is -2.29. The summed E-state index contributed by atoms with van der Waals surface area (Å²) >= 11 is 0. The molecule has 1 aromatic carbocycles. The number of nitrogens with one attached hydrogen (secondary N) is 1. The number of carbonyl (C=O) groups excluding carboxylic acids is 3. The van der Waals surface area contributed by atoms with Gasteiger partial charge in [-0.05, 0) is 26.2 Å². The minimum absolute atomic E-state index is 0.0236. The van der Waals surface area contributed by atoms with E-state index >= 15 is 0 Å². The third-order valence-corrected chi connectivity index (χ3v) is 4.15. The van der Waals surface area contributed by atoms with Gasteiger partial charge in [0.1, 0.15) is 12.4 Å². The molecule has 0 saturated heterocycles. The topological polar surface area (TPSA) is 81.7 Å². The highest BCUT2D eigenvalue weighted by atomic mass is 16.5. The van der Waals surface area contributed by atoms with Gasteiger partial charge < -0.3 is 14.8 Å². The number of benzene rings is 1. The molecule has 6 heteroatoms. The summed E-state index contributed by atoms with van der Waals surface area (Å²) in [6.45, 7) is 5.66. The van der Waals surface area contributed by atoms with Crippen LogP contribution in [0.3, 0.4) is 0 Å². The number of aryl methyl sites for hydroxylation is 1. The monoisotopic (exact) mass is 391 g/mol.